The molecule has 1 atom stereocenters. The molecule has 0 radical (unpaired) electrons. The van der Waals surface area contributed by atoms with Gasteiger partial charge in [0.2, 0.25) is 0 Å². The smallest absolute Gasteiger partial charge is 0.254 e. The minimum absolute atomic E-state index is 0.167. The third-order valence-corrected chi connectivity index (χ3v) is 4.50. The van der Waals surface area contributed by atoms with Gasteiger partial charge in [-0.25, -0.2) is 4.39 Å². The second kappa shape index (κ2) is 6.98. The molecule has 1 aliphatic heterocycles. The van der Waals surface area contributed by atoms with E-state index in [1.165, 1.54) is 10.7 Å². The van der Waals surface area contributed by atoms with E-state index < -0.39 is 11.9 Å². The summed E-state index contributed by atoms with van der Waals surface area (Å²) in [6.07, 6.45) is 2.80. The molecule has 1 N–H and O–H groups in total. The lowest BCUT2D eigenvalue weighted by Crippen LogP contribution is -2.27. The summed E-state index contributed by atoms with van der Waals surface area (Å²) in [5.41, 5.74) is 0.348. The Labute approximate surface area is 145 Å². The topological polar surface area (TPSA) is 56.2 Å². The van der Waals surface area contributed by atoms with E-state index in [1.807, 2.05) is 0 Å². The molecule has 1 fully saturated rings. The number of ether oxygens (including phenoxy) is 1. The Morgan fingerprint density at radius 2 is 2.39 bits per heavy atom. The van der Waals surface area contributed by atoms with Crippen LogP contribution in [-0.2, 0) is 16.1 Å². The van der Waals surface area contributed by atoms with Crippen LogP contribution < -0.4 is 5.32 Å². The standard InChI is InChI=1S/C15H14BrClFN3O2/c16-10-8-21(7-9-11(17)3-1-4-12(9)18)20-14(10)19-15(22)13-5-2-6-23-13/h1,3-4,8,13H,2,5-7H2,(H,19,20,22). The van der Waals surface area contributed by atoms with Crippen molar-refractivity contribution in [2.75, 3.05) is 11.9 Å². The number of carbonyl (C=O) groups is 1. The van der Waals surface area contributed by atoms with E-state index in [-0.39, 0.29) is 12.5 Å². The third kappa shape index (κ3) is 3.73. The van der Waals surface area contributed by atoms with Gasteiger partial charge in [0, 0.05) is 23.4 Å². The third-order valence-electron chi connectivity index (χ3n) is 3.56. The Bertz CT molecular complexity index is 711. The predicted molar refractivity (Wildman–Crippen MR) is 88.0 cm³/mol. The van der Waals surface area contributed by atoms with Gasteiger partial charge in [0.25, 0.3) is 5.91 Å². The molecule has 2 aromatic rings. The van der Waals surface area contributed by atoms with Gasteiger partial charge in [0.15, 0.2) is 5.82 Å². The summed E-state index contributed by atoms with van der Waals surface area (Å²) in [6.45, 7) is 0.763. The highest BCUT2D eigenvalue weighted by Crippen LogP contribution is 2.25. The monoisotopic (exact) mass is 401 g/mol. The van der Waals surface area contributed by atoms with Crippen molar-refractivity contribution in [2.45, 2.75) is 25.5 Å². The van der Waals surface area contributed by atoms with Crippen LogP contribution in [0.25, 0.3) is 0 Å². The Hall–Kier alpha value is -1.44. The highest BCUT2D eigenvalue weighted by molar-refractivity contribution is 9.10. The van der Waals surface area contributed by atoms with Crippen molar-refractivity contribution < 1.29 is 13.9 Å². The summed E-state index contributed by atoms with van der Waals surface area (Å²) in [6, 6.07) is 4.52. The first kappa shape index (κ1) is 16.4. The van der Waals surface area contributed by atoms with Gasteiger partial charge in [-0.05, 0) is 40.9 Å². The summed E-state index contributed by atoms with van der Waals surface area (Å²) in [4.78, 5) is 12.1. The van der Waals surface area contributed by atoms with Crippen LogP contribution in [0, 0.1) is 5.82 Å². The van der Waals surface area contributed by atoms with Gasteiger partial charge in [-0.15, -0.1) is 0 Å². The summed E-state index contributed by atoms with van der Waals surface area (Å²) in [5, 5.41) is 7.31. The lowest BCUT2D eigenvalue weighted by molar-refractivity contribution is -0.124. The Balaban J connectivity index is 1.74. The van der Waals surface area contributed by atoms with Crippen molar-refractivity contribution >= 4 is 39.3 Å². The number of nitrogens with zero attached hydrogens (tertiary/aromatic N) is 2. The maximum atomic E-state index is 13.8. The second-order valence-corrected chi connectivity index (χ2v) is 6.48. The van der Waals surface area contributed by atoms with Crippen LogP contribution in [0.15, 0.2) is 28.9 Å². The molecule has 3 rings (SSSR count). The normalized spacial score (nSPS) is 17.4. The molecule has 1 aromatic heterocycles. The van der Waals surface area contributed by atoms with Crippen molar-refractivity contribution in [2.24, 2.45) is 0 Å². The maximum absolute atomic E-state index is 13.8. The first-order valence-electron chi connectivity index (χ1n) is 7.13. The number of anilines is 1. The molecule has 0 aliphatic carbocycles. The molecule has 23 heavy (non-hydrogen) atoms. The van der Waals surface area contributed by atoms with E-state index in [9.17, 15) is 9.18 Å². The zero-order valence-corrected chi connectivity index (χ0v) is 14.4. The number of amides is 1. The van der Waals surface area contributed by atoms with E-state index in [1.54, 1.807) is 18.3 Å². The molecule has 0 bridgehead atoms. The molecule has 1 saturated heterocycles. The van der Waals surface area contributed by atoms with Gasteiger partial charge in [-0.3, -0.25) is 9.48 Å². The van der Waals surface area contributed by atoms with Gasteiger partial charge < -0.3 is 10.1 Å². The summed E-state index contributed by atoms with van der Waals surface area (Å²) in [7, 11) is 0. The molecular formula is C15H14BrClFN3O2. The van der Waals surface area contributed by atoms with Crippen molar-refractivity contribution in [3.63, 3.8) is 0 Å². The van der Waals surface area contributed by atoms with Crippen LogP contribution >= 0.6 is 27.5 Å². The molecule has 1 unspecified atom stereocenters. The Morgan fingerprint density at radius 3 is 3.09 bits per heavy atom. The minimum atomic E-state index is -0.437. The molecule has 1 aliphatic rings. The number of hydrogen-bond donors (Lipinski definition) is 1. The van der Waals surface area contributed by atoms with Gasteiger partial charge in [-0.2, -0.15) is 5.10 Å². The minimum Gasteiger partial charge on any atom is -0.368 e. The van der Waals surface area contributed by atoms with E-state index in [0.29, 0.717) is 33.9 Å². The summed E-state index contributed by atoms with van der Waals surface area (Å²) >= 11 is 9.36. The van der Waals surface area contributed by atoms with Crippen molar-refractivity contribution in [1.29, 1.82) is 0 Å². The Morgan fingerprint density at radius 1 is 1.57 bits per heavy atom. The summed E-state index contributed by atoms with van der Waals surface area (Å²) < 4.78 is 21.3. The van der Waals surface area contributed by atoms with E-state index in [0.717, 1.165) is 6.42 Å². The van der Waals surface area contributed by atoms with Crippen LogP contribution in [0.1, 0.15) is 18.4 Å². The zero-order valence-electron chi connectivity index (χ0n) is 12.1. The second-order valence-electron chi connectivity index (χ2n) is 5.21. The molecule has 5 nitrogen and oxygen atoms in total. The lowest BCUT2D eigenvalue weighted by Gasteiger charge is -2.09. The van der Waals surface area contributed by atoms with Gasteiger partial charge >= 0.3 is 0 Å². The number of carbonyl (C=O) groups excluding carboxylic acids is 1. The Kier molecular flexibility index (Phi) is 4.99. The predicted octanol–water partition coefficient (Wildman–Crippen LogP) is 3.60. The van der Waals surface area contributed by atoms with Crippen LogP contribution in [0.2, 0.25) is 5.02 Å². The van der Waals surface area contributed by atoms with Gasteiger partial charge in [0.05, 0.1) is 11.0 Å². The van der Waals surface area contributed by atoms with E-state index in [4.69, 9.17) is 16.3 Å². The number of hydrogen-bond acceptors (Lipinski definition) is 3. The average Bonchev–Trinajstić information content (AvgIpc) is 3.14. The molecular weight excluding hydrogens is 389 g/mol. The molecule has 8 heteroatoms. The number of rotatable bonds is 4. The molecule has 1 amide bonds. The number of halogens is 3. The van der Waals surface area contributed by atoms with Crippen molar-refractivity contribution in [3.8, 4) is 0 Å². The fraction of sp³-hybridized carbons (Fsp3) is 0.333. The molecule has 122 valence electrons. The quantitative estimate of drug-likeness (QED) is 0.850. The molecule has 0 spiro atoms. The van der Waals surface area contributed by atoms with Gasteiger partial charge in [-0.1, -0.05) is 17.7 Å². The zero-order chi connectivity index (χ0) is 16.4. The first-order valence-corrected chi connectivity index (χ1v) is 8.30. The number of benzene rings is 1. The van der Waals surface area contributed by atoms with Crippen LogP contribution in [0.3, 0.4) is 0 Å². The number of aromatic nitrogens is 2. The fourth-order valence-corrected chi connectivity index (χ4v) is 3.03. The fourth-order valence-electron chi connectivity index (χ4n) is 2.39. The van der Waals surface area contributed by atoms with Gasteiger partial charge in [0.1, 0.15) is 11.9 Å². The summed E-state index contributed by atoms with van der Waals surface area (Å²) in [5.74, 6) is -0.246. The van der Waals surface area contributed by atoms with Crippen molar-refractivity contribution in [3.05, 3.63) is 45.3 Å². The van der Waals surface area contributed by atoms with Crippen LogP contribution in [-0.4, -0.2) is 28.4 Å². The largest absolute Gasteiger partial charge is 0.368 e. The van der Waals surface area contributed by atoms with Crippen LogP contribution in [0.5, 0.6) is 0 Å². The molecule has 2 heterocycles. The first-order chi connectivity index (χ1) is 11.0. The van der Waals surface area contributed by atoms with Crippen LogP contribution in [0.4, 0.5) is 10.2 Å². The van der Waals surface area contributed by atoms with E-state index >= 15 is 0 Å². The average molecular weight is 403 g/mol. The SMILES string of the molecule is O=C(Nc1nn(Cc2c(F)cccc2Cl)cc1Br)C1CCCO1. The molecule has 1 aromatic carbocycles. The number of nitrogens with one attached hydrogen (secondary N) is 1. The lowest BCUT2D eigenvalue weighted by atomic mass is 10.2. The highest BCUT2D eigenvalue weighted by atomic mass is 79.9. The van der Waals surface area contributed by atoms with E-state index in [2.05, 4.69) is 26.3 Å². The van der Waals surface area contributed by atoms with Crippen molar-refractivity contribution in [1.82, 2.24) is 9.78 Å². The highest BCUT2D eigenvalue weighted by Gasteiger charge is 2.25. The molecule has 0 saturated carbocycles. The maximum Gasteiger partial charge on any atom is 0.254 e.